The molecule has 0 radical (unpaired) electrons. The summed E-state index contributed by atoms with van der Waals surface area (Å²) < 4.78 is 4.01. The van der Waals surface area contributed by atoms with Gasteiger partial charge < -0.3 is 17.0 Å². The first kappa shape index (κ1) is 17.6. The standard InChI is InChI=1S/C18H21N2O2.BrH/c1-5-11(3)20-12(4)19(6-2)15-16(20)18(22)14-10-8-7-9-13(14)17(15)21;/h7-11H,5-6H2,1-4H3;1H/q+1;/p-1. The molecular formula is C18H21BrN2O2. The monoisotopic (exact) mass is 376 g/mol. The van der Waals surface area contributed by atoms with Gasteiger partial charge in [0.15, 0.2) is 0 Å². The number of benzene rings is 1. The Labute approximate surface area is 146 Å². The molecule has 1 heterocycles. The zero-order valence-corrected chi connectivity index (χ0v) is 15.5. The summed E-state index contributed by atoms with van der Waals surface area (Å²) in [5.74, 6) is 0.884. The maximum Gasteiger partial charge on any atom is 0.254 e. The lowest BCUT2D eigenvalue weighted by molar-refractivity contribution is -0.700. The summed E-state index contributed by atoms with van der Waals surface area (Å²) in [6, 6.07) is 7.30. The molecule has 1 aromatic carbocycles. The van der Waals surface area contributed by atoms with Crippen molar-refractivity contribution in [2.24, 2.45) is 0 Å². The first-order valence-electron chi connectivity index (χ1n) is 7.85. The fraction of sp³-hybridized carbons (Fsp3) is 0.389. The maximum atomic E-state index is 13.0. The Morgan fingerprint density at radius 2 is 1.65 bits per heavy atom. The van der Waals surface area contributed by atoms with Crippen molar-refractivity contribution in [3.05, 3.63) is 52.6 Å². The lowest BCUT2D eigenvalue weighted by Gasteiger charge is -2.14. The SMILES string of the molecule is CCC(C)n1c2c([n+](CC)c1C)C(=O)c1ccccc1C2=O.[Br-]. The Morgan fingerprint density at radius 3 is 2.17 bits per heavy atom. The van der Waals surface area contributed by atoms with Crippen LogP contribution in [0.4, 0.5) is 0 Å². The number of fused-ring (bicyclic) bond motifs is 2. The predicted octanol–water partition coefficient (Wildman–Crippen LogP) is -0.146. The summed E-state index contributed by atoms with van der Waals surface area (Å²) in [7, 11) is 0. The molecule has 0 saturated heterocycles. The largest absolute Gasteiger partial charge is 1.00 e. The Kier molecular flexibility index (Phi) is 4.90. The molecule has 0 fully saturated rings. The van der Waals surface area contributed by atoms with Crippen LogP contribution in [0.5, 0.6) is 0 Å². The van der Waals surface area contributed by atoms with Crippen molar-refractivity contribution in [3.63, 3.8) is 0 Å². The van der Waals surface area contributed by atoms with Gasteiger partial charge in [0.05, 0.1) is 12.6 Å². The summed E-state index contributed by atoms with van der Waals surface area (Å²) in [5.41, 5.74) is 2.13. The third kappa shape index (κ3) is 2.38. The zero-order valence-electron chi connectivity index (χ0n) is 13.9. The third-order valence-electron chi connectivity index (χ3n) is 4.67. The molecule has 0 bridgehead atoms. The molecular weight excluding hydrogens is 356 g/mol. The highest BCUT2D eigenvalue weighted by Crippen LogP contribution is 2.29. The molecule has 2 aromatic rings. The highest BCUT2D eigenvalue weighted by Gasteiger charge is 2.43. The molecule has 0 saturated carbocycles. The summed E-state index contributed by atoms with van der Waals surface area (Å²) >= 11 is 0. The van der Waals surface area contributed by atoms with Crippen LogP contribution in [0, 0.1) is 6.92 Å². The second-order valence-electron chi connectivity index (χ2n) is 5.82. The van der Waals surface area contributed by atoms with E-state index < -0.39 is 0 Å². The average Bonchev–Trinajstić information content (AvgIpc) is 2.84. The molecule has 0 aliphatic heterocycles. The van der Waals surface area contributed by atoms with E-state index in [0.717, 1.165) is 12.2 Å². The molecule has 122 valence electrons. The predicted molar refractivity (Wildman–Crippen MR) is 83.3 cm³/mol. The minimum Gasteiger partial charge on any atom is -1.00 e. The van der Waals surface area contributed by atoms with Gasteiger partial charge in [0, 0.05) is 18.1 Å². The molecule has 23 heavy (non-hydrogen) atoms. The van der Waals surface area contributed by atoms with Crippen LogP contribution in [-0.2, 0) is 6.54 Å². The van der Waals surface area contributed by atoms with E-state index in [4.69, 9.17) is 0 Å². The van der Waals surface area contributed by atoms with E-state index in [1.54, 1.807) is 12.1 Å². The van der Waals surface area contributed by atoms with Gasteiger partial charge in [0.1, 0.15) is 0 Å². The van der Waals surface area contributed by atoms with E-state index in [0.29, 0.717) is 29.1 Å². The van der Waals surface area contributed by atoms with Gasteiger partial charge in [-0.25, -0.2) is 9.13 Å². The molecule has 0 N–H and O–H groups in total. The fourth-order valence-electron chi connectivity index (χ4n) is 3.39. The number of imidazole rings is 1. The minimum atomic E-state index is -0.0443. The van der Waals surface area contributed by atoms with Crippen LogP contribution in [0.1, 0.15) is 71.2 Å². The molecule has 4 nitrogen and oxygen atoms in total. The molecule has 1 aliphatic rings. The number of hydrogen-bond donors (Lipinski definition) is 0. The summed E-state index contributed by atoms with van der Waals surface area (Å²) in [5, 5.41) is 0. The van der Waals surface area contributed by atoms with Crippen LogP contribution < -0.4 is 21.5 Å². The maximum absolute atomic E-state index is 13.0. The average molecular weight is 377 g/mol. The van der Waals surface area contributed by atoms with Gasteiger partial charge in [0.2, 0.25) is 23.0 Å². The van der Waals surface area contributed by atoms with E-state index in [-0.39, 0.29) is 34.6 Å². The topological polar surface area (TPSA) is 43.0 Å². The number of carbonyl (C=O) groups is 2. The second kappa shape index (κ2) is 6.40. The summed E-state index contributed by atoms with van der Waals surface area (Å²) in [6.07, 6.45) is 0.911. The van der Waals surface area contributed by atoms with Crippen molar-refractivity contribution in [2.75, 3.05) is 0 Å². The number of halogens is 1. The quantitative estimate of drug-likeness (QED) is 0.597. The van der Waals surface area contributed by atoms with E-state index in [1.165, 1.54) is 0 Å². The highest BCUT2D eigenvalue weighted by molar-refractivity contribution is 6.26. The lowest BCUT2D eigenvalue weighted by Crippen LogP contribution is -3.00. The zero-order chi connectivity index (χ0) is 16.0. The number of ketones is 2. The van der Waals surface area contributed by atoms with E-state index in [9.17, 15) is 9.59 Å². The second-order valence-corrected chi connectivity index (χ2v) is 5.82. The molecule has 0 amide bonds. The van der Waals surface area contributed by atoms with Gasteiger partial charge in [-0.05, 0) is 20.3 Å². The van der Waals surface area contributed by atoms with Crippen LogP contribution >= 0.6 is 0 Å². The van der Waals surface area contributed by atoms with Gasteiger partial charge in [-0.2, -0.15) is 0 Å². The Hall–Kier alpha value is -1.75. The number of carbonyl (C=O) groups excluding carboxylic acids is 2. The molecule has 3 rings (SSSR count). The van der Waals surface area contributed by atoms with Crippen LogP contribution in [0.2, 0.25) is 0 Å². The Bertz CT molecular complexity index is 793. The van der Waals surface area contributed by atoms with Gasteiger partial charge in [0.25, 0.3) is 5.82 Å². The van der Waals surface area contributed by atoms with Crippen LogP contribution in [0.25, 0.3) is 0 Å². The molecule has 1 aromatic heterocycles. The van der Waals surface area contributed by atoms with Gasteiger partial charge >= 0.3 is 0 Å². The smallest absolute Gasteiger partial charge is 0.254 e. The van der Waals surface area contributed by atoms with E-state index in [2.05, 4.69) is 13.8 Å². The first-order valence-corrected chi connectivity index (χ1v) is 7.85. The van der Waals surface area contributed by atoms with E-state index >= 15 is 0 Å². The van der Waals surface area contributed by atoms with Crippen molar-refractivity contribution in [3.8, 4) is 0 Å². The summed E-state index contributed by atoms with van der Waals surface area (Å²) in [6.45, 7) is 8.85. The van der Waals surface area contributed by atoms with Crippen LogP contribution in [0.15, 0.2) is 24.3 Å². The van der Waals surface area contributed by atoms with Crippen molar-refractivity contribution < 1.29 is 31.1 Å². The van der Waals surface area contributed by atoms with Gasteiger partial charge in [-0.1, -0.05) is 31.2 Å². The van der Waals surface area contributed by atoms with Gasteiger partial charge in [-0.15, -0.1) is 0 Å². The first-order chi connectivity index (χ1) is 10.5. The molecule has 0 spiro atoms. The third-order valence-corrected chi connectivity index (χ3v) is 4.67. The van der Waals surface area contributed by atoms with Crippen molar-refractivity contribution in [1.82, 2.24) is 4.57 Å². The number of hydrogen-bond acceptors (Lipinski definition) is 2. The molecule has 1 aliphatic carbocycles. The van der Waals surface area contributed by atoms with Crippen LogP contribution in [-0.4, -0.2) is 16.1 Å². The normalized spacial score (nSPS) is 14.1. The Balaban J connectivity index is 0.00000192. The number of rotatable bonds is 3. The fourth-order valence-corrected chi connectivity index (χ4v) is 3.39. The highest BCUT2D eigenvalue weighted by atomic mass is 79.9. The Morgan fingerprint density at radius 1 is 1.09 bits per heavy atom. The van der Waals surface area contributed by atoms with Crippen molar-refractivity contribution >= 4 is 11.6 Å². The summed E-state index contributed by atoms with van der Waals surface area (Å²) in [4.78, 5) is 25.9. The van der Waals surface area contributed by atoms with E-state index in [1.807, 2.05) is 35.1 Å². The lowest BCUT2D eigenvalue weighted by atomic mass is 9.89. The molecule has 5 heteroatoms. The molecule has 1 unspecified atom stereocenters. The number of nitrogens with zero attached hydrogens (tertiary/aromatic N) is 2. The number of aromatic nitrogens is 2. The van der Waals surface area contributed by atoms with Crippen molar-refractivity contribution in [2.45, 2.75) is 46.7 Å². The minimum absolute atomic E-state index is 0. The van der Waals surface area contributed by atoms with Crippen molar-refractivity contribution in [1.29, 1.82) is 0 Å². The van der Waals surface area contributed by atoms with Gasteiger partial charge in [-0.3, -0.25) is 9.59 Å². The molecule has 1 atom stereocenters. The van der Waals surface area contributed by atoms with Crippen LogP contribution in [0.3, 0.4) is 0 Å².